The SMILES string of the molecule is CC(C)N(CCOc1ncc(Br)cc1I)C(=O)OC(C)(C)C.CC(C)N(CCOc1ncc(Br)cc1NS(=O)(=O)C(C)C)C(=O)OC(C)(C)C.CC(C)S(N)(=O)=O. The summed E-state index contributed by atoms with van der Waals surface area (Å²) in [6.07, 6.45) is 2.43. The van der Waals surface area contributed by atoms with Crippen molar-refractivity contribution in [1.82, 2.24) is 19.8 Å². The highest BCUT2D eigenvalue weighted by molar-refractivity contribution is 14.1. The zero-order valence-electron chi connectivity index (χ0n) is 35.3. The fraction of sp³-hybridized carbons (Fsp3) is 0.667. The van der Waals surface area contributed by atoms with Crippen molar-refractivity contribution in [2.45, 2.75) is 131 Å². The van der Waals surface area contributed by atoms with Crippen LogP contribution in [0.2, 0.25) is 0 Å². The van der Waals surface area contributed by atoms with Gasteiger partial charge < -0.3 is 28.7 Å². The van der Waals surface area contributed by atoms with E-state index in [4.69, 9.17) is 18.9 Å². The summed E-state index contributed by atoms with van der Waals surface area (Å²) in [4.78, 5) is 36.1. The summed E-state index contributed by atoms with van der Waals surface area (Å²) in [5.74, 6) is 0.706. The Morgan fingerprint density at radius 2 is 1.11 bits per heavy atom. The summed E-state index contributed by atoms with van der Waals surface area (Å²) in [7, 11) is -6.80. The van der Waals surface area contributed by atoms with Crippen LogP contribution in [0.1, 0.15) is 96.9 Å². The van der Waals surface area contributed by atoms with Gasteiger partial charge in [0, 0.05) is 33.4 Å². The van der Waals surface area contributed by atoms with E-state index in [1.165, 1.54) is 20.0 Å². The van der Waals surface area contributed by atoms with E-state index >= 15 is 0 Å². The highest BCUT2D eigenvalue weighted by Gasteiger charge is 2.26. The lowest BCUT2D eigenvalue weighted by atomic mass is 10.2. The Bertz CT molecular complexity index is 1810. The van der Waals surface area contributed by atoms with Gasteiger partial charge in [-0.25, -0.2) is 41.5 Å². The third-order valence-corrected chi connectivity index (χ3v) is 11.5. The molecular formula is C36H61Br2IN6O10S2. The summed E-state index contributed by atoms with van der Waals surface area (Å²) in [6.45, 7) is 26.1. The molecule has 0 aromatic carbocycles. The molecule has 0 aliphatic rings. The van der Waals surface area contributed by atoms with E-state index in [0.29, 0.717) is 23.5 Å². The van der Waals surface area contributed by atoms with Gasteiger partial charge in [-0.15, -0.1) is 0 Å². The number of ether oxygens (including phenoxy) is 4. The lowest BCUT2D eigenvalue weighted by Crippen LogP contribution is -2.43. The molecule has 2 heterocycles. The second kappa shape index (κ2) is 24.1. The molecule has 2 rings (SSSR count). The lowest BCUT2D eigenvalue weighted by Gasteiger charge is -2.30. The Morgan fingerprint density at radius 1 is 0.737 bits per heavy atom. The first kappa shape index (κ1) is 54.8. The van der Waals surface area contributed by atoms with Crippen LogP contribution in [-0.2, 0) is 29.5 Å². The van der Waals surface area contributed by atoms with Gasteiger partial charge in [0.15, 0.2) is 0 Å². The number of halogens is 3. The molecule has 0 saturated carbocycles. The van der Waals surface area contributed by atoms with Gasteiger partial charge in [0.2, 0.25) is 31.8 Å². The first-order valence-corrected chi connectivity index (χ1v) is 23.8. The van der Waals surface area contributed by atoms with Gasteiger partial charge in [-0.05, 0) is 164 Å². The van der Waals surface area contributed by atoms with E-state index in [1.807, 2.05) is 54.5 Å². The Morgan fingerprint density at radius 3 is 1.44 bits per heavy atom. The molecule has 0 aliphatic carbocycles. The maximum absolute atomic E-state index is 12.4. The van der Waals surface area contributed by atoms with Crippen LogP contribution in [0.25, 0.3) is 0 Å². The molecule has 0 aliphatic heterocycles. The number of pyridine rings is 2. The summed E-state index contributed by atoms with van der Waals surface area (Å²) in [5.41, 5.74) is -0.870. The summed E-state index contributed by atoms with van der Waals surface area (Å²) in [5, 5.41) is 3.59. The molecule has 16 nitrogen and oxygen atoms in total. The minimum Gasteiger partial charge on any atom is -0.475 e. The van der Waals surface area contributed by atoms with Gasteiger partial charge in [-0.3, -0.25) is 4.72 Å². The third-order valence-electron chi connectivity index (χ3n) is 6.77. The molecule has 2 aromatic rings. The number of anilines is 1. The highest BCUT2D eigenvalue weighted by Crippen LogP contribution is 2.27. The van der Waals surface area contributed by atoms with Crippen LogP contribution in [0.3, 0.4) is 0 Å². The van der Waals surface area contributed by atoms with Gasteiger partial charge in [0.05, 0.1) is 27.2 Å². The Hall–Kier alpha value is -2.21. The number of nitrogens with zero attached hydrogens (tertiary/aromatic N) is 4. The number of aromatic nitrogens is 2. The van der Waals surface area contributed by atoms with Crippen LogP contribution < -0.4 is 19.3 Å². The molecule has 0 unspecified atom stereocenters. The number of amides is 2. The number of sulfonamides is 2. The smallest absolute Gasteiger partial charge is 0.410 e. The largest absolute Gasteiger partial charge is 0.475 e. The van der Waals surface area contributed by atoms with Crippen molar-refractivity contribution in [2.24, 2.45) is 5.14 Å². The predicted octanol–water partition coefficient (Wildman–Crippen LogP) is 8.17. The third kappa shape index (κ3) is 23.2. The van der Waals surface area contributed by atoms with Gasteiger partial charge in [-0.1, -0.05) is 0 Å². The standard InChI is InChI=1S/C18H30BrN3O5S.C15H22BrIN2O3.C3H9NO2S/c1-12(2)22(17(23)27-18(5,6)7)8-9-26-16-15(10-14(19)11-20-16)21-28(24,25)13(3)4;1-10(2)19(14(20)22-15(3,4)5)6-7-21-13-12(17)8-11(16)9-18-13;1-3(2)7(4,5)6/h10-13,21H,8-9H2,1-7H3;8-10H,6-7H2,1-5H3;3H,1-2H3,(H2,4,5,6). The van der Waals surface area contributed by atoms with Gasteiger partial charge in [0.1, 0.15) is 30.1 Å². The molecule has 2 aromatic heterocycles. The van der Waals surface area contributed by atoms with Crippen LogP contribution in [0.4, 0.5) is 15.3 Å². The summed E-state index contributed by atoms with van der Waals surface area (Å²) in [6, 6.07) is 3.46. The van der Waals surface area contributed by atoms with Crippen molar-refractivity contribution in [3.8, 4) is 11.8 Å². The Kier molecular flexibility index (Phi) is 23.2. The number of primary sulfonamides is 1. The Balaban J connectivity index is 0.000000960. The Labute approximate surface area is 370 Å². The van der Waals surface area contributed by atoms with Crippen molar-refractivity contribution < 1.29 is 45.4 Å². The predicted molar refractivity (Wildman–Crippen MR) is 240 cm³/mol. The normalized spacial score (nSPS) is 12.0. The number of hydrogen-bond acceptors (Lipinski definition) is 12. The van der Waals surface area contributed by atoms with Gasteiger partial charge in [-0.2, -0.15) is 0 Å². The van der Waals surface area contributed by atoms with Crippen LogP contribution in [0, 0.1) is 3.57 Å². The molecule has 328 valence electrons. The molecule has 0 atom stereocenters. The minimum atomic E-state index is -3.55. The molecule has 57 heavy (non-hydrogen) atoms. The zero-order valence-corrected chi connectivity index (χ0v) is 42.3. The number of rotatable bonds is 14. The number of nitrogens with one attached hydrogen (secondary N) is 1. The average molecular weight is 1090 g/mol. The molecule has 3 N–H and O–H groups in total. The quantitative estimate of drug-likeness (QED) is 0.172. The molecule has 0 spiro atoms. The summed E-state index contributed by atoms with van der Waals surface area (Å²) < 4.78 is 71.7. The first-order valence-electron chi connectivity index (χ1n) is 18.0. The van der Waals surface area contributed by atoms with Crippen LogP contribution in [0.15, 0.2) is 33.5 Å². The highest BCUT2D eigenvalue weighted by atomic mass is 127. The van der Waals surface area contributed by atoms with Crippen LogP contribution in [0.5, 0.6) is 11.8 Å². The van der Waals surface area contributed by atoms with Crippen molar-refractivity contribution in [1.29, 1.82) is 0 Å². The van der Waals surface area contributed by atoms with E-state index in [-0.39, 0.29) is 42.9 Å². The number of nitrogens with two attached hydrogens (primary N) is 1. The molecule has 2 amide bonds. The van der Waals surface area contributed by atoms with E-state index in [2.05, 4.69) is 74.3 Å². The fourth-order valence-electron chi connectivity index (χ4n) is 3.64. The van der Waals surface area contributed by atoms with Crippen LogP contribution in [-0.4, -0.2) is 109 Å². The van der Waals surface area contributed by atoms with Crippen molar-refractivity contribution >= 4 is 92.4 Å². The topological polar surface area (TPSA) is 210 Å². The molecule has 0 radical (unpaired) electrons. The monoisotopic (exact) mass is 1090 g/mol. The molecule has 21 heteroatoms. The van der Waals surface area contributed by atoms with E-state index < -0.39 is 47.8 Å². The van der Waals surface area contributed by atoms with Gasteiger partial charge >= 0.3 is 12.2 Å². The lowest BCUT2D eigenvalue weighted by molar-refractivity contribution is 0.0153. The zero-order chi connectivity index (χ0) is 44.7. The van der Waals surface area contributed by atoms with Crippen LogP contribution >= 0.6 is 54.5 Å². The molecule has 0 fully saturated rings. The number of carbonyl (C=O) groups is 2. The van der Waals surface area contributed by atoms with Crippen molar-refractivity contribution in [3.05, 3.63) is 37.0 Å². The first-order chi connectivity index (χ1) is 25.8. The minimum absolute atomic E-state index is 0.0374. The maximum Gasteiger partial charge on any atom is 0.410 e. The second-order valence-corrected chi connectivity index (χ2v) is 22.9. The van der Waals surface area contributed by atoms with Crippen molar-refractivity contribution in [3.63, 3.8) is 0 Å². The summed E-state index contributed by atoms with van der Waals surface area (Å²) >= 11 is 8.80. The number of hydrogen-bond donors (Lipinski definition) is 2. The molecular weight excluding hydrogens is 1030 g/mol. The molecule has 0 saturated heterocycles. The fourth-order valence-corrected chi connectivity index (χ4v) is 6.05. The van der Waals surface area contributed by atoms with E-state index in [1.54, 1.807) is 56.7 Å². The molecule has 0 bridgehead atoms. The average Bonchev–Trinajstić information content (AvgIpc) is 3.01. The van der Waals surface area contributed by atoms with Crippen molar-refractivity contribution in [2.75, 3.05) is 31.0 Å². The van der Waals surface area contributed by atoms with Gasteiger partial charge in [0.25, 0.3) is 0 Å². The van der Waals surface area contributed by atoms with E-state index in [9.17, 15) is 26.4 Å². The maximum atomic E-state index is 12.4. The number of carbonyl (C=O) groups excluding carboxylic acids is 2. The second-order valence-electron chi connectivity index (χ2n) is 15.5. The van der Waals surface area contributed by atoms with E-state index in [0.717, 1.165) is 8.04 Å².